The number of aromatic nitrogens is 1. The van der Waals surface area contributed by atoms with E-state index in [1.165, 1.54) is 5.56 Å². The second kappa shape index (κ2) is 4.91. The van der Waals surface area contributed by atoms with Crippen molar-refractivity contribution in [2.24, 2.45) is 5.84 Å². The molecule has 1 unspecified atom stereocenters. The summed E-state index contributed by atoms with van der Waals surface area (Å²) in [6, 6.07) is 3.90. The first-order valence-corrected chi connectivity index (χ1v) is 4.15. The van der Waals surface area contributed by atoms with Crippen LogP contribution in [-0.4, -0.2) is 18.7 Å². The van der Waals surface area contributed by atoms with Gasteiger partial charge >= 0.3 is 0 Å². The summed E-state index contributed by atoms with van der Waals surface area (Å²) in [5.74, 6) is 5.37. The number of methoxy groups -OCH3 is 1. The maximum atomic E-state index is 5.37. The van der Waals surface area contributed by atoms with E-state index in [0.717, 1.165) is 5.69 Å². The third kappa shape index (κ3) is 2.77. The Morgan fingerprint density at radius 1 is 1.69 bits per heavy atom. The van der Waals surface area contributed by atoms with Crippen LogP contribution in [0.25, 0.3) is 0 Å². The zero-order chi connectivity index (χ0) is 9.68. The minimum atomic E-state index is -0.0371. The van der Waals surface area contributed by atoms with Crippen molar-refractivity contribution in [2.45, 2.75) is 13.0 Å². The normalized spacial score (nSPS) is 12.8. The molecule has 13 heavy (non-hydrogen) atoms. The Morgan fingerprint density at radius 2 is 2.46 bits per heavy atom. The molecule has 4 nitrogen and oxygen atoms in total. The molecule has 0 saturated heterocycles. The first-order valence-electron chi connectivity index (χ1n) is 4.15. The summed E-state index contributed by atoms with van der Waals surface area (Å²) >= 11 is 0. The molecule has 0 aliphatic rings. The van der Waals surface area contributed by atoms with Gasteiger partial charge in [0, 0.05) is 13.3 Å². The van der Waals surface area contributed by atoms with Crippen LogP contribution in [0.1, 0.15) is 17.3 Å². The van der Waals surface area contributed by atoms with E-state index in [9.17, 15) is 0 Å². The molecule has 0 amide bonds. The van der Waals surface area contributed by atoms with E-state index in [-0.39, 0.29) is 6.04 Å². The fourth-order valence-corrected chi connectivity index (χ4v) is 1.14. The van der Waals surface area contributed by atoms with Crippen molar-refractivity contribution >= 4 is 0 Å². The van der Waals surface area contributed by atoms with E-state index < -0.39 is 0 Å². The van der Waals surface area contributed by atoms with E-state index in [0.29, 0.717) is 6.61 Å². The van der Waals surface area contributed by atoms with Crippen LogP contribution in [0, 0.1) is 6.92 Å². The van der Waals surface area contributed by atoms with E-state index in [2.05, 4.69) is 10.4 Å². The number of aryl methyl sites for hydroxylation is 1. The van der Waals surface area contributed by atoms with Gasteiger partial charge in [0.2, 0.25) is 0 Å². The topological polar surface area (TPSA) is 60.2 Å². The zero-order valence-corrected chi connectivity index (χ0v) is 7.95. The molecule has 72 valence electrons. The number of hydrogen-bond donors (Lipinski definition) is 2. The Hall–Kier alpha value is -0.970. The molecule has 1 heterocycles. The Bertz CT molecular complexity index is 265. The van der Waals surface area contributed by atoms with Crippen LogP contribution in [0.2, 0.25) is 0 Å². The van der Waals surface area contributed by atoms with Crippen molar-refractivity contribution in [1.29, 1.82) is 0 Å². The molecule has 0 spiro atoms. The number of hydrazine groups is 1. The molecule has 0 aromatic carbocycles. The number of ether oxygens (including phenoxy) is 1. The number of hydrogen-bond acceptors (Lipinski definition) is 4. The molecule has 1 rings (SSSR count). The van der Waals surface area contributed by atoms with Gasteiger partial charge in [0.1, 0.15) is 0 Å². The summed E-state index contributed by atoms with van der Waals surface area (Å²) in [4.78, 5) is 4.21. The lowest BCUT2D eigenvalue weighted by atomic mass is 10.1. The maximum Gasteiger partial charge on any atom is 0.0865 e. The average Bonchev–Trinajstić information content (AvgIpc) is 2.14. The average molecular weight is 181 g/mol. The van der Waals surface area contributed by atoms with Crippen LogP contribution in [0.15, 0.2) is 18.3 Å². The highest BCUT2D eigenvalue weighted by molar-refractivity contribution is 5.17. The minimum Gasteiger partial charge on any atom is -0.383 e. The smallest absolute Gasteiger partial charge is 0.0865 e. The Morgan fingerprint density at radius 3 is 3.00 bits per heavy atom. The number of nitrogens with one attached hydrogen (secondary N) is 1. The quantitative estimate of drug-likeness (QED) is 0.526. The minimum absolute atomic E-state index is 0.0371. The highest BCUT2D eigenvalue weighted by Crippen LogP contribution is 2.10. The van der Waals surface area contributed by atoms with Gasteiger partial charge in [0.25, 0.3) is 0 Å². The van der Waals surface area contributed by atoms with Gasteiger partial charge in [-0.15, -0.1) is 0 Å². The molecule has 0 aliphatic heterocycles. The molecular weight excluding hydrogens is 166 g/mol. The maximum absolute atomic E-state index is 5.37. The predicted molar refractivity (Wildman–Crippen MR) is 50.9 cm³/mol. The van der Waals surface area contributed by atoms with Gasteiger partial charge in [-0.1, -0.05) is 0 Å². The molecule has 0 bridgehead atoms. The predicted octanol–water partition coefficient (Wildman–Crippen LogP) is 0.541. The molecule has 0 saturated carbocycles. The summed E-state index contributed by atoms with van der Waals surface area (Å²) in [6.45, 7) is 2.54. The van der Waals surface area contributed by atoms with Crippen molar-refractivity contribution in [3.8, 4) is 0 Å². The van der Waals surface area contributed by atoms with Gasteiger partial charge in [-0.05, 0) is 24.6 Å². The fourth-order valence-electron chi connectivity index (χ4n) is 1.14. The lowest BCUT2D eigenvalue weighted by Gasteiger charge is -2.14. The summed E-state index contributed by atoms with van der Waals surface area (Å²) in [6.07, 6.45) is 1.77. The van der Waals surface area contributed by atoms with E-state index in [1.807, 2.05) is 19.1 Å². The van der Waals surface area contributed by atoms with Gasteiger partial charge in [-0.25, -0.2) is 5.43 Å². The van der Waals surface area contributed by atoms with Gasteiger partial charge in [-0.2, -0.15) is 0 Å². The van der Waals surface area contributed by atoms with Crippen LogP contribution in [0.3, 0.4) is 0 Å². The first kappa shape index (κ1) is 10.1. The zero-order valence-electron chi connectivity index (χ0n) is 7.95. The van der Waals surface area contributed by atoms with Crippen LogP contribution < -0.4 is 11.3 Å². The number of pyridine rings is 1. The summed E-state index contributed by atoms with van der Waals surface area (Å²) < 4.78 is 5.01. The van der Waals surface area contributed by atoms with Gasteiger partial charge < -0.3 is 4.74 Å². The monoisotopic (exact) mass is 181 g/mol. The Balaban J connectivity index is 2.78. The van der Waals surface area contributed by atoms with Crippen molar-refractivity contribution < 1.29 is 4.74 Å². The lowest BCUT2D eigenvalue weighted by molar-refractivity contribution is 0.166. The van der Waals surface area contributed by atoms with Gasteiger partial charge in [0.15, 0.2) is 0 Å². The van der Waals surface area contributed by atoms with Crippen LogP contribution >= 0.6 is 0 Å². The van der Waals surface area contributed by atoms with Crippen LogP contribution in [-0.2, 0) is 4.74 Å². The number of rotatable bonds is 4. The van der Waals surface area contributed by atoms with Gasteiger partial charge in [-0.3, -0.25) is 10.8 Å². The molecule has 0 radical (unpaired) electrons. The molecule has 1 aromatic heterocycles. The summed E-state index contributed by atoms with van der Waals surface area (Å²) in [7, 11) is 1.64. The van der Waals surface area contributed by atoms with Crippen molar-refractivity contribution in [2.75, 3.05) is 13.7 Å². The standard InChI is InChI=1S/C9H15N3O/c1-7-3-4-11-8(5-7)9(12-10)6-13-2/h3-5,9,12H,6,10H2,1-2H3. The van der Waals surface area contributed by atoms with Crippen LogP contribution in [0.4, 0.5) is 0 Å². The SMILES string of the molecule is COCC(NN)c1cc(C)ccn1. The largest absolute Gasteiger partial charge is 0.383 e. The van der Waals surface area contributed by atoms with E-state index in [1.54, 1.807) is 13.3 Å². The molecule has 0 fully saturated rings. The summed E-state index contributed by atoms with van der Waals surface area (Å²) in [5, 5.41) is 0. The van der Waals surface area contributed by atoms with E-state index in [4.69, 9.17) is 10.6 Å². The number of nitrogens with two attached hydrogens (primary N) is 1. The van der Waals surface area contributed by atoms with Gasteiger partial charge in [0.05, 0.1) is 18.3 Å². The third-order valence-corrected chi connectivity index (χ3v) is 1.83. The molecular formula is C9H15N3O. The molecule has 0 aliphatic carbocycles. The Labute approximate surface area is 78.1 Å². The molecule has 1 atom stereocenters. The first-order chi connectivity index (χ1) is 6.27. The second-order valence-electron chi connectivity index (χ2n) is 2.93. The molecule has 3 N–H and O–H groups in total. The van der Waals surface area contributed by atoms with Crippen LogP contribution in [0.5, 0.6) is 0 Å². The second-order valence-corrected chi connectivity index (χ2v) is 2.93. The van der Waals surface area contributed by atoms with Crippen molar-refractivity contribution in [3.63, 3.8) is 0 Å². The third-order valence-electron chi connectivity index (χ3n) is 1.83. The van der Waals surface area contributed by atoms with Crippen molar-refractivity contribution in [1.82, 2.24) is 10.4 Å². The lowest BCUT2D eigenvalue weighted by Crippen LogP contribution is -2.31. The molecule has 1 aromatic rings. The van der Waals surface area contributed by atoms with E-state index >= 15 is 0 Å². The summed E-state index contributed by atoms with van der Waals surface area (Å²) in [5.41, 5.74) is 4.73. The Kier molecular flexibility index (Phi) is 3.82. The highest BCUT2D eigenvalue weighted by atomic mass is 16.5. The number of nitrogens with zero attached hydrogens (tertiary/aromatic N) is 1. The fraction of sp³-hybridized carbons (Fsp3) is 0.444. The van der Waals surface area contributed by atoms with Crippen molar-refractivity contribution in [3.05, 3.63) is 29.6 Å². The molecule has 4 heteroatoms. The highest BCUT2D eigenvalue weighted by Gasteiger charge is 2.09.